The first-order valence-corrected chi connectivity index (χ1v) is 5.66. The van der Waals surface area contributed by atoms with E-state index < -0.39 is 17.6 Å². The normalized spacial score (nSPS) is 17.4. The predicted molar refractivity (Wildman–Crippen MR) is 66.7 cm³/mol. The van der Waals surface area contributed by atoms with Gasteiger partial charge < -0.3 is 19.7 Å². The topological polar surface area (TPSA) is 91.6 Å². The zero-order valence-corrected chi connectivity index (χ0v) is 10.5. The van der Waals surface area contributed by atoms with Crippen molar-refractivity contribution < 1.29 is 24.5 Å². The Morgan fingerprint density at radius 3 is 2.47 bits per heavy atom. The Hall–Kier alpha value is -2.12. The second-order valence-electron chi connectivity index (χ2n) is 3.83. The van der Waals surface area contributed by atoms with Crippen LogP contribution in [0.2, 0.25) is 0 Å². The fourth-order valence-corrected chi connectivity index (χ4v) is 1.61. The summed E-state index contributed by atoms with van der Waals surface area (Å²) in [6, 6.07) is 6.41. The molecule has 7 heteroatoms. The van der Waals surface area contributed by atoms with Gasteiger partial charge >= 0.3 is 11.7 Å². The number of methoxy groups -OCH3 is 1. The number of hydrogen-bond acceptors (Lipinski definition) is 6. The standard InChI is InChI=1S/C12H14N2O5/c1-3-19-10-12(16,17)11(15)14(13-10)8-4-6-9(18-2)7-5-8/h4-7,16-17H,3H2,1-2H3. The van der Waals surface area contributed by atoms with Crippen molar-refractivity contribution in [3.8, 4) is 5.75 Å². The maximum Gasteiger partial charge on any atom is 0.328 e. The van der Waals surface area contributed by atoms with Gasteiger partial charge in [-0.05, 0) is 31.2 Å². The van der Waals surface area contributed by atoms with Crippen LogP contribution in [0.3, 0.4) is 0 Å². The zero-order chi connectivity index (χ0) is 14.0. The van der Waals surface area contributed by atoms with Crippen LogP contribution in [0.4, 0.5) is 5.69 Å². The molecule has 1 amide bonds. The van der Waals surface area contributed by atoms with Crippen LogP contribution in [0.5, 0.6) is 5.75 Å². The Bertz CT molecular complexity index is 509. The number of benzene rings is 1. The maximum atomic E-state index is 11.9. The summed E-state index contributed by atoms with van der Waals surface area (Å²) in [5, 5.41) is 24.0. The summed E-state index contributed by atoms with van der Waals surface area (Å²) in [6.07, 6.45) is 0. The van der Waals surface area contributed by atoms with Crippen LogP contribution in [0.15, 0.2) is 29.4 Å². The molecule has 2 rings (SSSR count). The van der Waals surface area contributed by atoms with E-state index in [0.29, 0.717) is 11.4 Å². The van der Waals surface area contributed by atoms with E-state index in [0.717, 1.165) is 5.01 Å². The van der Waals surface area contributed by atoms with Crippen LogP contribution in [0, 0.1) is 0 Å². The van der Waals surface area contributed by atoms with Gasteiger partial charge in [-0.1, -0.05) is 0 Å². The van der Waals surface area contributed by atoms with E-state index in [1.807, 2.05) is 0 Å². The van der Waals surface area contributed by atoms with Crippen molar-refractivity contribution in [3.63, 3.8) is 0 Å². The highest BCUT2D eigenvalue weighted by atomic mass is 16.6. The number of hydrazone groups is 1. The number of carbonyl (C=O) groups excluding carboxylic acids is 1. The van der Waals surface area contributed by atoms with Crippen LogP contribution in [0.25, 0.3) is 0 Å². The van der Waals surface area contributed by atoms with Crippen molar-refractivity contribution in [2.75, 3.05) is 18.7 Å². The summed E-state index contributed by atoms with van der Waals surface area (Å²) in [6.45, 7) is 1.82. The fourth-order valence-electron chi connectivity index (χ4n) is 1.61. The van der Waals surface area contributed by atoms with Crippen molar-refractivity contribution in [2.24, 2.45) is 5.10 Å². The molecule has 0 fully saturated rings. The molecule has 1 aliphatic rings. The highest BCUT2D eigenvalue weighted by Crippen LogP contribution is 2.27. The Morgan fingerprint density at radius 2 is 1.95 bits per heavy atom. The molecule has 19 heavy (non-hydrogen) atoms. The molecular weight excluding hydrogens is 252 g/mol. The smallest absolute Gasteiger partial charge is 0.328 e. The lowest BCUT2D eigenvalue weighted by Gasteiger charge is -2.16. The van der Waals surface area contributed by atoms with Gasteiger partial charge in [0, 0.05) is 0 Å². The molecule has 1 aliphatic heterocycles. The second-order valence-corrected chi connectivity index (χ2v) is 3.83. The van der Waals surface area contributed by atoms with Crippen molar-refractivity contribution in [1.82, 2.24) is 0 Å². The summed E-state index contributed by atoms with van der Waals surface area (Å²) >= 11 is 0. The third-order valence-corrected chi connectivity index (χ3v) is 2.58. The Labute approximate surface area is 109 Å². The quantitative estimate of drug-likeness (QED) is 0.755. The highest BCUT2D eigenvalue weighted by Gasteiger charge is 2.51. The third-order valence-electron chi connectivity index (χ3n) is 2.58. The van der Waals surface area contributed by atoms with Gasteiger partial charge in [-0.3, -0.25) is 4.79 Å². The monoisotopic (exact) mass is 266 g/mol. The molecule has 0 bridgehead atoms. The molecule has 2 N–H and O–H groups in total. The number of aliphatic hydroxyl groups is 2. The van der Waals surface area contributed by atoms with E-state index in [2.05, 4.69) is 5.10 Å². The van der Waals surface area contributed by atoms with Gasteiger partial charge in [0.2, 0.25) is 0 Å². The minimum absolute atomic E-state index is 0.172. The Kier molecular flexibility index (Phi) is 3.41. The SMILES string of the molecule is CCOC1=NN(c2ccc(OC)cc2)C(=O)C1(O)O. The number of rotatable bonds is 3. The molecule has 1 heterocycles. The molecule has 0 atom stereocenters. The van der Waals surface area contributed by atoms with E-state index in [4.69, 9.17) is 9.47 Å². The van der Waals surface area contributed by atoms with Crippen LogP contribution in [-0.4, -0.2) is 41.5 Å². The average Bonchev–Trinajstić information content (AvgIpc) is 2.63. The molecule has 0 saturated heterocycles. The average molecular weight is 266 g/mol. The highest BCUT2D eigenvalue weighted by molar-refractivity contribution is 6.17. The minimum atomic E-state index is -2.73. The number of hydrogen-bond donors (Lipinski definition) is 2. The lowest BCUT2D eigenvalue weighted by atomic mass is 10.2. The Morgan fingerprint density at radius 1 is 1.32 bits per heavy atom. The molecule has 0 radical (unpaired) electrons. The fraction of sp³-hybridized carbons (Fsp3) is 0.333. The third kappa shape index (κ3) is 2.25. The molecule has 1 aromatic rings. The summed E-state index contributed by atoms with van der Waals surface area (Å²) in [4.78, 5) is 11.9. The van der Waals surface area contributed by atoms with Crippen molar-refractivity contribution >= 4 is 17.5 Å². The number of anilines is 1. The van der Waals surface area contributed by atoms with Gasteiger partial charge in [0.25, 0.3) is 5.90 Å². The van der Waals surface area contributed by atoms with Crippen LogP contribution in [-0.2, 0) is 9.53 Å². The van der Waals surface area contributed by atoms with Gasteiger partial charge in [0.1, 0.15) is 5.75 Å². The van der Waals surface area contributed by atoms with E-state index >= 15 is 0 Å². The summed E-state index contributed by atoms with van der Waals surface area (Å²) in [7, 11) is 1.52. The predicted octanol–water partition coefficient (Wildman–Crippen LogP) is 0.0727. The second kappa shape index (κ2) is 4.87. The number of carbonyl (C=O) groups is 1. The molecule has 102 valence electrons. The molecule has 0 saturated carbocycles. The van der Waals surface area contributed by atoms with Gasteiger partial charge in [-0.15, -0.1) is 5.10 Å². The van der Waals surface area contributed by atoms with E-state index in [1.54, 1.807) is 31.2 Å². The molecule has 0 spiro atoms. The first-order valence-electron chi connectivity index (χ1n) is 5.66. The van der Waals surface area contributed by atoms with E-state index in [-0.39, 0.29) is 6.61 Å². The van der Waals surface area contributed by atoms with Crippen LogP contribution in [0.1, 0.15) is 6.92 Å². The van der Waals surface area contributed by atoms with E-state index in [1.165, 1.54) is 7.11 Å². The zero-order valence-electron chi connectivity index (χ0n) is 10.5. The van der Waals surface area contributed by atoms with Crippen LogP contribution >= 0.6 is 0 Å². The first kappa shape index (κ1) is 13.3. The molecule has 0 aromatic heterocycles. The lowest BCUT2D eigenvalue weighted by molar-refractivity contribution is -0.159. The molecule has 7 nitrogen and oxygen atoms in total. The molecule has 0 aliphatic carbocycles. The number of amides is 1. The largest absolute Gasteiger partial charge is 0.497 e. The first-order chi connectivity index (χ1) is 9.00. The summed E-state index contributed by atoms with van der Waals surface area (Å²) in [5.41, 5.74) is 0.382. The van der Waals surface area contributed by atoms with Crippen LogP contribution < -0.4 is 9.75 Å². The van der Waals surface area contributed by atoms with E-state index in [9.17, 15) is 15.0 Å². The van der Waals surface area contributed by atoms with Gasteiger partial charge in [0.05, 0.1) is 19.4 Å². The van der Waals surface area contributed by atoms with Gasteiger partial charge in [-0.25, -0.2) is 0 Å². The summed E-state index contributed by atoms with van der Waals surface area (Å²) in [5.74, 6) is -3.53. The molecular formula is C12H14N2O5. The van der Waals surface area contributed by atoms with Crippen molar-refractivity contribution in [1.29, 1.82) is 0 Å². The summed E-state index contributed by atoms with van der Waals surface area (Å²) < 4.78 is 9.94. The Balaban J connectivity index is 2.32. The van der Waals surface area contributed by atoms with Crippen molar-refractivity contribution in [2.45, 2.75) is 12.7 Å². The number of nitrogens with zero attached hydrogens (tertiary/aromatic N) is 2. The lowest BCUT2D eigenvalue weighted by Crippen LogP contribution is -2.47. The van der Waals surface area contributed by atoms with Gasteiger partial charge in [-0.2, -0.15) is 5.01 Å². The maximum absolute atomic E-state index is 11.9. The van der Waals surface area contributed by atoms with Gasteiger partial charge in [0.15, 0.2) is 0 Å². The molecule has 1 aromatic carbocycles. The number of ether oxygens (including phenoxy) is 2. The van der Waals surface area contributed by atoms with Crippen molar-refractivity contribution in [3.05, 3.63) is 24.3 Å². The molecule has 0 unspecified atom stereocenters. The minimum Gasteiger partial charge on any atom is -0.497 e.